The average Bonchev–Trinajstić information content (AvgIpc) is 3.59. The number of aryl methyl sites for hydroxylation is 2. The van der Waals surface area contributed by atoms with Crippen LogP contribution in [0.5, 0.6) is 0 Å². The van der Waals surface area contributed by atoms with Crippen LogP contribution < -0.4 is 5.56 Å². The molecule has 1 N–H and O–H groups in total. The van der Waals surface area contributed by atoms with E-state index in [1.807, 2.05) is 60.1 Å². The quantitative estimate of drug-likeness (QED) is 0.233. The number of aromatic amines is 1. The molecule has 0 bridgehead atoms. The third kappa shape index (κ3) is 5.53. The molecule has 5 aromatic rings. The molecule has 0 aliphatic rings. The summed E-state index contributed by atoms with van der Waals surface area (Å²) < 4.78 is 7.62. The molecule has 9 heteroatoms. The molecule has 0 saturated carbocycles. The zero-order chi connectivity index (χ0) is 27.7. The summed E-state index contributed by atoms with van der Waals surface area (Å²) in [6.45, 7) is 11.3. The van der Waals surface area contributed by atoms with Gasteiger partial charge in [-0.2, -0.15) is 0 Å². The molecule has 0 unspecified atom stereocenters. The van der Waals surface area contributed by atoms with Crippen molar-refractivity contribution in [3.63, 3.8) is 0 Å². The summed E-state index contributed by atoms with van der Waals surface area (Å²) in [6, 6.07) is 17.1. The second-order valence-electron chi connectivity index (χ2n) is 10.7. The first-order valence-corrected chi connectivity index (χ1v) is 13.5. The van der Waals surface area contributed by atoms with Crippen LogP contribution in [-0.4, -0.2) is 30.1 Å². The maximum atomic E-state index is 13.8. The molecule has 202 valence electrons. The van der Waals surface area contributed by atoms with E-state index in [1.54, 1.807) is 6.26 Å². The van der Waals surface area contributed by atoms with Gasteiger partial charge in [-0.1, -0.05) is 36.7 Å². The molecule has 2 aromatic carbocycles. The summed E-state index contributed by atoms with van der Waals surface area (Å²) in [5.41, 5.74) is 4.04. The van der Waals surface area contributed by atoms with Crippen LogP contribution in [0.1, 0.15) is 67.1 Å². The number of nitrogens with zero attached hydrogens (tertiary/aromatic N) is 5. The zero-order valence-electron chi connectivity index (χ0n) is 22.9. The molecular formula is C30H33ClN6O2. The third-order valence-corrected chi connectivity index (χ3v) is 7.67. The summed E-state index contributed by atoms with van der Waals surface area (Å²) in [6.07, 6.45) is 2.46. The van der Waals surface area contributed by atoms with Gasteiger partial charge >= 0.3 is 0 Å². The van der Waals surface area contributed by atoms with Crippen LogP contribution in [0.15, 0.2) is 70.1 Å². The number of nitrogens with one attached hydrogen (secondary N) is 1. The molecule has 0 aliphatic carbocycles. The number of aromatic nitrogens is 5. The molecule has 0 amide bonds. The summed E-state index contributed by atoms with van der Waals surface area (Å²) in [7, 11) is 0. The van der Waals surface area contributed by atoms with E-state index in [4.69, 9.17) is 16.0 Å². The van der Waals surface area contributed by atoms with Gasteiger partial charge < -0.3 is 9.40 Å². The van der Waals surface area contributed by atoms with Crippen LogP contribution in [0.2, 0.25) is 5.02 Å². The fraction of sp³-hybridized carbons (Fsp3) is 0.333. The Bertz CT molecular complexity index is 1640. The highest BCUT2D eigenvalue weighted by atomic mass is 35.5. The molecular weight excluding hydrogens is 512 g/mol. The van der Waals surface area contributed by atoms with Crippen LogP contribution in [0.25, 0.3) is 10.9 Å². The first-order valence-electron chi connectivity index (χ1n) is 13.1. The first-order chi connectivity index (χ1) is 18.7. The van der Waals surface area contributed by atoms with Crippen molar-refractivity contribution >= 4 is 22.5 Å². The predicted molar refractivity (Wildman–Crippen MR) is 153 cm³/mol. The third-order valence-electron chi connectivity index (χ3n) is 7.42. The number of H-pyrrole nitrogens is 1. The number of furan rings is 1. The number of fused-ring (bicyclic) bond motifs is 1. The van der Waals surface area contributed by atoms with E-state index < -0.39 is 6.04 Å². The standard InChI is InChI=1S/C30H33ClN6O2/c1-6-30(4,5)37-28(33-34-35-37)27(25-16-24-20(3)14-19(2)15-26(24)32-29(25)38)36(18-23-8-7-13-39-23)17-21-9-11-22(31)12-10-21/h7-16,27H,6,17-18H2,1-5H3,(H,32,38)/t27-/m1/s1. The fourth-order valence-corrected chi connectivity index (χ4v) is 5.13. The van der Waals surface area contributed by atoms with Gasteiger partial charge in [0.2, 0.25) is 0 Å². The Morgan fingerprint density at radius 1 is 1.10 bits per heavy atom. The largest absolute Gasteiger partial charge is 0.468 e. The molecule has 0 aliphatic heterocycles. The lowest BCUT2D eigenvalue weighted by atomic mass is 9.97. The zero-order valence-corrected chi connectivity index (χ0v) is 23.7. The van der Waals surface area contributed by atoms with Crippen molar-refractivity contribution in [2.75, 3.05) is 0 Å². The Morgan fingerprint density at radius 2 is 1.87 bits per heavy atom. The minimum Gasteiger partial charge on any atom is -0.468 e. The van der Waals surface area contributed by atoms with Gasteiger partial charge in [-0.15, -0.1) is 5.10 Å². The van der Waals surface area contributed by atoms with Gasteiger partial charge in [-0.25, -0.2) is 4.68 Å². The lowest BCUT2D eigenvalue weighted by Crippen LogP contribution is -2.38. The van der Waals surface area contributed by atoms with Crippen LogP contribution in [0.4, 0.5) is 0 Å². The number of hydrogen-bond donors (Lipinski definition) is 1. The topological polar surface area (TPSA) is 92.8 Å². The van der Waals surface area contributed by atoms with Crippen LogP contribution in [0.3, 0.4) is 0 Å². The van der Waals surface area contributed by atoms with Crippen molar-refractivity contribution in [2.24, 2.45) is 0 Å². The van der Waals surface area contributed by atoms with Crippen molar-refractivity contribution in [3.8, 4) is 0 Å². The van der Waals surface area contributed by atoms with Gasteiger partial charge in [-0.3, -0.25) is 9.69 Å². The molecule has 1 atom stereocenters. The van der Waals surface area contributed by atoms with Crippen molar-refractivity contribution in [1.82, 2.24) is 30.1 Å². The number of pyridine rings is 1. The van der Waals surface area contributed by atoms with Crippen molar-refractivity contribution in [3.05, 3.63) is 110 Å². The molecule has 0 radical (unpaired) electrons. The fourth-order valence-electron chi connectivity index (χ4n) is 5.00. The highest BCUT2D eigenvalue weighted by molar-refractivity contribution is 6.30. The van der Waals surface area contributed by atoms with Gasteiger partial charge in [0.25, 0.3) is 5.56 Å². The Kier molecular flexibility index (Phi) is 7.42. The maximum Gasteiger partial charge on any atom is 0.253 e. The molecule has 3 heterocycles. The monoisotopic (exact) mass is 544 g/mol. The van der Waals surface area contributed by atoms with E-state index in [9.17, 15) is 4.79 Å². The van der Waals surface area contributed by atoms with Gasteiger partial charge in [0, 0.05) is 28.0 Å². The maximum absolute atomic E-state index is 13.8. The molecule has 8 nitrogen and oxygen atoms in total. The van der Waals surface area contributed by atoms with Crippen LogP contribution >= 0.6 is 11.6 Å². The number of rotatable bonds is 9. The molecule has 0 fully saturated rings. The molecule has 5 rings (SSSR count). The second kappa shape index (κ2) is 10.8. The Balaban J connectivity index is 1.75. The minimum atomic E-state index is -0.569. The lowest BCUT2D eigenvalue weighted by molar-refractivity contribution is 0.168. The van der Waals surface area contributed by atoms with Crippen molar-refractivity contribution in [2.45, 2.75) is 65.7 Å². The lowest BCUT2D eigenvalue weighted by Gasteiger charge is -2.33. The van der Waals surface area contributed by atoms with Gasteiger partial charge in [-0.05, 0) is 97.6 Å². The van der Waals surface area contributed by atoms with E-state index >= 15 is 0 Å². The predicted octanol–water partition coefficient (Wildman–Crippen LogP) is 6.31. The summed E-state index contributed by atoms with van der Waals surface area (Å²) in [4.78, 5) is 19.1. The number of tetrazole rings is 1. The highest BCUT2D eigenvalue weighted by Gasteiger charge is 2.35. The molecule has 0 spiro atoms. The minimum absolute atomic E-state index is 0.179. The van der Waals surface area contributed by atoms with E-state index in [1.165, 1.54) is 0 Å². The van der Waals surface area contributed by atoms with Crippen LogP contribution in [-0.2, 0) is 18.6 Å². The Hall–Kier alpha value is -3.75. The summed E-state index contributed by atoms with van der Waals surface area (Å²) in [5, 5.41) is 14.7. The van der Waals surface area contributed by atoms with E-state index in [2.05, 4.69) is 59.2 Å². The number of benzene rings is 2. The molecule has 3 aromatic heterocycles. The number of halogens is 1. The number of hydrogen-bond acceptors (Lipinski definition) is 6. The van der Waals surface area contributed by atoms with E-state index in [0.29, 0.717) is 29.5 Å². The summed E-state index contributed by atoms with van der Waals surface area (Å²) >= 11 is 6.19. The first kappa shape index (κ1) is 26.8. The normalized spacial score (nSPS) is 12.9. The Labute approximate surface area is 232 Å². The Morgan fingerprint density at radius 3 is 2.56 bits per heavy atom. The second-order valence-corrected chi connectivity index (χ2v) is 11.2. The molecule has 0 saturated heterocycles. The average molecular weight is 545 g/mol. The highest BCUT2D eigenvalue weighted by Crippen LogP contribution is 2.33. The SMILES string of the molecule is CCC(C)(C)n1nnnc1[C@@H](c1cc2c(C)cc(C)cc2[nH]c1=O)N(Cc1ccc(Cl)cc1)Cc1ccco1. The van der Waals surface area contributed by atoms with Gasteiger partial charge in [0.15, 0.2) is 5.82 Å². The summed E-state index contributed by atoms with van der Waals surface area (Å²) in [5.74, 6) is 1.36. The molecule has 39 heavy (non-hydrogen) atoms. The smallest absolute Gasteiger partial charge is 0.253 e. The van der Waals surface area contributed by atoms with Gasteiger partial charge in [0.1, 0.15) is 11.8 Å². The van der Waals surface area contributed by atoms with Crippen LogP contribution in [0, 0.1) is 13.8 Å². The van der Waals surface area contributed by atoms with Crippen molar-refractivity contribution < 1.29 is 4.42 Å². The van der Waals surface area contributed by atoms with E-state index in [0.717, 1.165) is 39.8 Å². The van der Waals surface area contributed by atoms with E-state index in [-0.39, 0.29) is 11.1 Å². The van der Waals surface area contributed by atoms with Gasteiger partial charge in [0.05, 0.1) is 18.3 Å². The van der Waals surface area contributed by atoms with Crippen molar-refractivity contribution in [1.29, 1.82) is 0 Å².